The summed E-state index contributed by atoms with van der Waals surface area (Å²) in [6.07, 6.45) is 2.22. The molecule has 1 amide bonds. The first-order valence-corrected chi connectivity index (χ1v) is 7.32. The summed E-state index contributed by atoms with van der Waals surface area (Å²) >= 11 is 0. The van der Waals surface area contributed by atoms with Gasteiger partial charge in [-0.3, -0.25) is 4.79 Å². The average molecular weight is 281 g/mol. The number of amides is 1. The molecule has 3 rings (SSSR count). The van der Waals surface area contributed by atoms with Crippen molar-refractivity contribution in [2.24, 2.45) is 0 Å². The molecule has 0 fully saturated rings. The topological polar surface area (TPSA) is 38.3 Å². The zero-order chi connectivity index (χ0) is 14.7. The summed E-state index contributed by atoms with van der Waals surface area (Å²) in [5.74, 6) is 1.05. The molecule has 0 radical (unpaired) electrons. The lowest BCUT2D eigenvalue weighted by Gasteiger charge is -2.08. The van der Waals surface area contributed by atoms with Crippen molar-refractivity contribution in [3.8, 4) is 5.75 Å². The van der Waals surface area contributed by atoms with Crippen molar-refractivity contribution < 1.29 is 9.53 Å². The summed E-state index contributed by atoms with van der Waals surface area (Å²) in [5.41, 5.74) is 4.43. The summed E-state index contributed by atoms with van der Waals surface area (Å²) in [7, 11) is 0. The largest absolute Gasteiger partial charge is 0.493 e. The van der Waals surface area contributed by atoms with Crippen LogP contribution in [0.4, 0.5) is 5.69 Å². The van der Waals surface area contributed by atoms with Gasteiger partial charge in [-0.15, -0.1) is 0 Å². The van der Waals surface area contributed by atoms with Gasteiger partial charge in [-0.05, 0) is 42.2 Å². The molecule has 0 unspecified atom stereocenters. The Morgan fingerprint density at radius 3 is 2.95 bits per heavy atom. The SMILES string of the molecule is Cc1ccccc1NC(=O)CCc1ccc2c(c1)CCO2. The normalized spacial score (nSPS) is 12.6. The number of nitrogens with one attached hydrogen (secondary N) is 1. The Kier molecular flexibility index (Phi) is 3.91. The molecule has 2 aromatic rings. The molecule has 0 saturated carbocycles. The van der Waals surface area contributed by atoms with Gasteiger partial charge in [-0.25, -0.2) is 0 Å². The fraction of sp³-hybridized carbons (Fsp3) is 0.278. The monoisotopic (exact) mass is 281 g/mol. The number of aryl methyl sites for hydroxylation is 2. The number of benzene rings is 2. The second-order valence-corrected chi connectivity index (χ2v) is 5.40. The van der Waals surface area contributed by atoms with Gasteiger partial charge in [-0.1, -0.05) is 30.3 Å². The molecular weight excluding hydrogens is 262 g/mol. The number of ether oxygens (including phenoxy) is 1. The van der Waals surface area contributed by atoms with Crippen molar-refractivity contribution in [2.75, 3.05) is 11.9 Å². The van der Waals surface area contributed by atoms with Crippen LogP contribution in [-0.4, -0.2) is 12.5 Å². The number of para-hydroxylation sites is 1. The van der Waals surface area contributed by atoms with Crippen molar-refractivity contribution >= 4 is 11.6 Å². The van der Waals surface area contributed by atoms with E-state index in [1.54, 1.807) is 0 Å². The van der Waals surface area contributed by atoms with Crippen molar-refractivity contribution in [1.82, 2.24) is 0 Å². The van der Waals surface area contributed by atoms with Gasteiger partial charge in [0.15, 0.2) is 0 Å². The van der Waals surface area contributed by atoms with Crippen molar-refractivity contribution in [1.29, 1.82) is 0 Å². The third kappa shape index (κ3) is 3.24. The zero-order valence-electron chi connectivity index (χ0n) is 12.2. The van der Waals surface area contributed by atoms with Gasteiger partial charge in [0, 0.05) is 18.5 Å². The number of rotatable bonds is 4. The quantitative estimate of drug-likeness (QED) is 0.931. The van der Waals surface area contributed by atoms with Crippen LogP contribution in [0.1, 0.15) is 23.1 Å². The molecule has 108 valence electrons. The predicted octanol–water partition coefficient (Wildman–Crippen LogP) is 3.50. The van der Waals surface area contributed by atoms with E-state index in [1.165, 1.54) is 11.1 Å². The minimum absolute atomic E-state index is 0.0565. The number of carbonyl (C=O) groups is 1. The highest BCUT2D eigenvalue weighted by Crippen LogP contribution is 2.26. The molecule has 21 heavy (non-hydrogen) atoms. The summed E-state index contributed by atoms with van der Waals surface area (Å²) < 4.78 is 5.49. The van der Waals surface area contributed by atoms with Crippen molar-refractivity contribution in [2.45, 2.75) is 26.2 Å². The van der Waals surface area contributed by atoms with Gasteiger partial charge in [0.25, 0.3) is 0 Å². The highest BCUT2D eigenvalue weighted by molar-refractivity contribution is 5.91. The lowest BCUT2D eigenvalue weighted by atomic mass is 10.0. The third-order valence-electron chi connectivity index (χ3n) is 3.81. The number of hydrogen-bond acceptors (Lipinski definition) is 2. The highest BCUT2D eigenvalue weighted by atomic mass is 16.5. The fourth-order valence-corrected chi connectivity index (χ4v) is 2.58. The van der Waals surface area contributed by atoms with E-state index in [0.29, 0.717) is 6.42 Å². The molecule has 0 atom stereocenters. The van der Waals surface area contributed by atoms with Crippen LogP contribution in [0.2, 0.25) is 0 Å². The fourth-order valence-electron chi connectivity index (χ4n) is 2.58. The van der Waals surface area contributed by atoms with E-state index in [1.807, 2.05) is 43.3 Å². The molecule has 0 spiro atoms. The molecule has 3 nitrogen and oxygen atoms in total. The Hall–Kier alpha value is -2.29. The standard InChI is InChI=1S/C18H19NO2/c1-13-4-2-3-5-16(13)19-18(20)9-7-14-6-8-17-15(12-14)10-11-21-17/h2-6,8,12H,7,9-11H2,1H3,(H,19,20). The second-order valence-electron chi connectivity index (χ2n) is 5.40. The summed E-state index contributed by atoms with van der Waals surface area (Å²) in [4.78, 5) is 12.0. The number of carbonyl (C=O) groups excluding carboxylic acids is 1. The third-order valence-corrected chi connectivity index (χ3v) is 3.81. The van der Waals surface area contributed by atoms with E-state index < -0.39 is 0 Å². The summed E-state index contributed by atoms with van der Waals surface area (Å²) in [6.45, 7) is 2.77. The smallest absolute Gasteiger partial charge is 0.224 e. The predicted molar refractivity (Wildman–Crippen MR) is 83.8 cm³/mol. The van der Waals surface area contributed by atoms with Gasteiger partial charge in [0.2, 0.25) is 5.91 Å². The minimum Gasteiger partial charge on any atom is -0.493 e. The molecule has 0 bridgehead atoms. The van der Waals surface area contributed by atoms with Gasteiger partial charge in [-0.2, -0.15) is 0 Å². The van der Waals surface area contributed by atoms with E-state index in [9.17, 15) is 4.79 Å². The lowest BCUT2D eigenvalue weighted by molar-refractivity contribution is -0.116. The van der Waals surface area contributed by atoms with Crippen LogP contribution in [0.5, 0.6) is 5.75 Å². The van der Waals surface area contributed by atoms with Gasteiger partial charge in [0.1, 0.15) is 5.75 Å². The van der Waals surface area contributed by atoms with Crippen molar-refractivity contribution in [3.63, 3.8) is 0 Å². The van der Waals surface area contributed by atoms with Crippen LogP contribution in [0.15, 0.2) is 42.5 Å². The Bertz CT molecular complexity index is 664. The zero-order valence-corrected chi connectivity index (χ0v) is 12.2. The number of anilines is 1. The molecule has 0 aliphatic carbocycles. The van der Waals surface area contributed by atoms with Crippen LogP contribution in [0.3, 0.4) is 0 Å². The van der Waals surface area contributed by atoms with Crippen LogP contribution in [-0.2, 0) is 17.6 Å². The van der Waals surface area contributed by atoms with E-state index >= 15 is 0 Å². The van der Waals surface area contributed by atoms with Gasteiger partial charge >= 0.3 is 0 Å². The lowest BCUT2D eigenvalue weighted by Crippen LogP contribution is -2.13. The molecule has 0 saturated heterocycles. The Balaban J connectivity index is 1.58. The molecule has 2 aromatic carbocycles. The Morgan fingerprint density at radius 1 is 1.24 bits per heavy atom. The molecule has 1 N–H and O–H groups in total. The molecule has 1 aliphatic heterocycles. The highest BCUT2D eigenvalue weighted by Gasteiger charge is 2.12. The first-order chi connectivity index (χ1) is 10.2. The molecule has 3 heteroatoms. The number of fused-ring (bicyclic) bond motifs is 1. The summed E-state index contributed by atoms with van der Waals surface area (Å²) in [5, 5.41) is 2.97. The Morgan fingerprint density at radius 2 is 2.10 bits per heavy atom. The van der Waals surface area contributed by atoms with Gasteiger partial charge < -0.3 is 10.1 Å². The molecular formula is C18H19NO2. The molecule has 1 heterocycles. The van der Waals surface area contributed by atoms with E-state index in [2.05, 4.69) is 11.4 Å². The number of hydrogen-bond donors (Lipinski definition) is 1. The van der Waals surface area contributed by atoms with E-state index in [4.69, 9.17) is 4.74 Å². The van der Waals surface area contributed by atoms with Crippen LogP contribution in [0.25, 0.3) is 0 Å². The first-order valence-electron chi connectivity index (χ1n) is 7.32. The van der Waals surface area contributed by atoms with E-state index in [-0.39, 0.29) is 5.91 Å². The first kappa shape index (κ1) is 13.7. The van der Waals surface area contributed by atoms with Crippen LogP contribution >= 0.6 is 0 Å². The van der Waals surface area contributed by atoms with Gasteiger partial charge in [0.05, 0.1) is 6.61 Å². The maximum Gasteiger partial charge on any atom is 0.224 e. The molecule has 0 aromatic heterocycles. The summed E-state index contributed by atoms with van der Waals surface area (Å²) in [6, 6.07) is 14.0. The molecule has 1 aliphatic rings. The minimum atomic E-state index is 0.0565. The maximum absolute atomic E-state index is 12.0. The van der Waals surface area contributed by atoms with E-state index in [0.717, 1.165) is 36.4 Å². The maximum atomic E-state index is 12.0. The van der Waals surface area contributed by atoms with Crippen molar-refractivity contribution in [3.05, 3.63) is 59.2 Å². The Labute approximate surface area is 124 Å². The average Bonchev–Trinajstić information content (AvgIpc) is 2.95. The second kappa shape index (κ2) is 6.00. The van der Waals surface area contributed by atoms with Crippen LogP contribution < -0.4 is 10.1 Å². The van der Waals surface area contributed by atoms with Crippen LogP contribution in [0, 0.1) is 6.92 Å².